The third-order valence-corrected chi connectivity index (χ3v) is 4.59. The zero-order valence-corrected chi connectivity index (χ0v) is 12.6. The fourth-order valence-corrected chi connectivity index (χ4v) is 3.16. The molecular formula is C12H15N3O2S2. The average Bonchev–Trinajstić information content (AvgIpc) is 2.99. The van der Waals surface area contributed by atoms with Gasteiger partial charge in [0.25, 0.3) is 5.91 Å². The first-order chi connectivity index (χ1) is 9.11. The number of hydrogen-bond donors (Lipinski definition) is 1. The fraction of sp³-hybridized carbons (Fsp3) is 0.417. The van der Waals surface area contributed by atoms with Crippen molar-refractivity contribution in [1.82, 2.24) is 14.9 Å². The maximum absolute atomic E-state index is 12.0. The molecule has 0 saturated heterocycles. The Balaban J connectivity index is 1.97. The highest BCUT2D eigenvalue weighted by Gasteiger charge is 2.17. The number of ether oxygens (including phenoxy) is 1. The lowest BCUT2D eigenvalue weighted by Crippen LogP contribution is -2.28. The van der Waals surface area contributed by atoms with E-state index < -0.39 is 0 Å². The van der Waals surface area contributed by atoms with Gasteiger partial charge in [-0.1, -0.05) is 4.49 Å². The number of nitrogens with one attached hydrogen (secondary N) is 1. The summed E-state index contributed by atoms with van der Waals surface area (Å²) in [5.74, 6) is -0.150. The number of aromatic nitrogens is 2. The third kappa shape index (κ3) is 3.37. The molecule has 0 aliphatic heterocycles. The quantitative estimate of drug-likeness (QED) is 0.920. The summed E-state index contributed by atoms with van der Waals surface area (Å²) >= 11 is 2.78. The van der Waals surface area contributed by atoms with E-state index in [1.807, 2.05) is 19.1 Å². The van der Waals surface area contributed by atoms with Crippen LogP contribution in [0.2, 0.25) is 0 Å². The molecule has 2 aromatic rings. The Hall–Kier alpha value is -1.31. The molecule has 19 heavy (non-hydrogen) atoms. The Labute approximate surface area is 119 Å². The lowest BCUT2D eigenvalue weighted by Gasteiger charge is -2.14. The monoisotopic (exact) mass is 297 g/mol. The molecule has 5 nitrogen and oxygen atoms in total. The molecule has 2 aromatic heterocycles. The molecule has 1 N–H and O–H groups in total. The van der Waals surface area contributed by atoms with Gasteiger partial charge in [0, 0.05) is 23.4 Å². The van der Waals surface area contributed by atoms with Crippen molar-refractivity contribution in [1.29, 1.82) is 0 Å². The van der Waals surface area contributed by atoms with Crippen LogP contribution in [-0.4, -0.2) is 29.1 Å². The maximum Gasteiger partial charge on any atom is 0.265 e. The smallest absolute Gasteiger partial charge is 0.265 e. The molecule has 0 unspecified atom stereocenters. The van der Waals surface area contributed by atoms with E-state index in [1.165, 1.54) is 4.88 Å². The molecule has 0 saturated carbocycles. The molecule has 0 aliphatic rings. The van der Waals surface area contributed by atoms with Crippen molar-refractivity contribution in [2.75, 3.05) is 13.7 Å². The molecule has 7 heteroatoms. The van der Waals surface area contributed by atoms with Gasteiger partial charge in [-0.3, -0.25) is 4.79 Å². The molecular weight excluding hydrogens is 282 g/mol. The summed E-state index contributed by atoms with van der Waals surface area (Å²) in [5, 5.41) is 6.68. The van der Waals surface area contributed by atoms with Crippen molar-refractivity contribution in [3.8, 4) is 0 Å². The standard InChI is InChI=1S/C12H15N3O2S2/c1-7-4-5-10(18-7)9(17-3)6-13-12(16)11-8(2)14-15-19-11/h4-5,9H,6H2,1-3H3,(H,13,16)/t9-/m1/s1. The number of amides is 1. The Morgan fingerprint density at radius 3 is 2.79 bits per heavy atom. The van der Waals surface area contributed by atoms with E-state index in [2.05, 4.69) is 14.9 Å². The predicted octanol–water partition coefficient (Wildman–Crippen LogP) is 2.33. The summed E-state index contributed by atoms with van der Waals surface area (Å²) < 4.78 is 9.17. The molecule has 0 bridgehead atoms. The van der Waals surface area contributed by atoms with E-state index in [-0.39, 0.29) is 12.0 Å². The van der Waals surface area contributed by atoms with E-state index >= 15 is 0 Å². The first-order valence-electron chi connectivity index (χ1n) is 5.78. The minimum absolute atomic E-state index is 0.121. The molecule has 102 valence electrons. The van der Waals surface area contributed by atoms with Crippen LogP contribution in [0.5, 0.6) is 0 Å². The number of thiophene rings is 1. The molecule has 1 atom stereocenters. The molecule has 0 radical (unpaired) electrons. The van der Waals surface area contributed by atoms with Crippen molar-refractivity contribution in [3.05, 3.63) is 32.5 Å². The number of carbonyl (C=O) groups is 1. The van der Waals surface area contributed by atoms with Gasteiger partial charge in [-0.2, -0.15) is 0 Å². The van der Waals surface area contributed by atoms with Crippen LogP contribution < -0.4 is 5.32 Å². The molecule has 1 amide bonds. The first-order valence-corrected chi connectivity index (χ1v) is 7.37. The largest absolute Gasteiger partial charge is 0.374 e. The van der Waals surface area contributed by atoms with Gasteiger partial charge in [0.1, 0.15) is 11.0 Å². The van der Waals surface area contributed by atoms with E-state index in [9.17, 15) is 4.79 Å². The summed E-state index contributed by atoms with van der Waals surface area (Å²) in [6.07, 6.45) is -0.121. The second kappa shape index (κ2) is 6.23. The van der Waals surface area contributed by atoms with Crippen molar-refractivity contribution in [3.63, 3.8) is 0 Å². The van der Waals surface area contributed by atoms with Gasteiger partial charge in [0.05, 0.1) is 5.69 Å². The topological polar surface area (TPSA) is 64.1 Å². The van der Waals surface area contributed by atoms with Crippen molar-refractivity contribution in [2.45, 2.75) is 20.0 Å². The molecule has 2 heterocycles. The van der Waals surface area contributed by atoms with Crippen LogP contribution in [0.25, 0.3) is 0 Å². The Morgan fingerprint density at radius 1 is 1.47 bits per heavy atom. The Morgan fingerprint density at radius 2 is 2.26 bits per heavy atom. The van der Waals surface area contributed by atoms with Crippen LogP contribution >= 0.6 is 22.9 Å². The summed E-state index contributed by atoms with van der Waals surface area (Å²) in [5.41, 5.74) is 0.656. The number of nitrogens with zero attached hydrogens (tertiary/aromatic N) is 2. The van der Waals surface area contributed by atoms with Crippen LogP contribution in [-0.2, 0) is 4.74 Å². The minimum atomic E-state index is -0.150. The number of aryl methyl sites for hydroxylation is 2. The average molecular weight is 297 g/mol. The summed E-state index contributed by atoms with van der Waals surface area (Å²) in [6, 6.07) is 4.07. The lowest BCUT2D eigenvalue weighted by atomic mass is 10.2. The van der Waals surface area contributed by atoms with Crippen molar-refractivity contribution >= 4 is 28.8 Å². The number of carbonyl (C=O) groups excluding carboxylic acids is 1. The summed E-state index contributed by atoms with van der Waals surface area (Å²) in [6.45, 7) is 4.26. The lowest BCUT2D eigenvalue weighted by molar-refractivity contribution is 0.0840. The summed E-state index contributed by atoms with van der Waals surface area (Å²) in [7, 11) is 1.64. The molecule has 0 aliphatic carbocycles. The molecule has 2 rings (SSSR count). The van der Waals surface area contributed by atoms with Gasteiger partial charge in [-0.15, -0.1) is 16.4 Å². The van der Waals surface area contributed by atoms with Gasteiger partial charge < -0.3 is 10.1 Å². The van der Waals surface area contributed by atoms with Crippen molar-refractivity contribution in [2.24, 2.45) is 0 Å². The normalized spacial score (nSPS) is 12.4. The highest BCUT2D eigenvalue weighted by Crippen LogP contribution is 2.24. The second-order valence-corrected chi connectivity index (χ2v) is 6.14. The second-order valence-electron chi connectivity index (χ2n) is 4.07. The zero-order chi connectivity index (χ0) is 13.8. The maximum atomic E-state index is 12.0. The molecule has 0 aromatic carbocycles. The number of methoxy groups -OCH3 is 1. The van der Waals surface area contributed by atoms with Crippen LogP contribution in [0.3, 0.4) is 0 Å². The van der Waals surface area contributed by atoms with Crippen LogP contribution in [0.4, 0.5) is 0 Å². The van der Waals surface area contributed by atoms with Gasteiger partial charge in [-0.25, -0.2) is 0 Å². The SMILES string of the molecule is CO[C@H](CNC(=O)c1snnc1C)c1ccc(C)s1. The zero-order valence-electron chi connectivity index (χ0n) is 11.0. The summed E-state index contributed by atoms with van der Waals surface area (Å²) in [4.78, 5) is 14.8. The minimum Gasteiger partial charge on any atom is -0.374 e. The third-order valence-electron chi connectivity index (χ3n) is 2.67. The first kappa shape index (κ1) is 14.1. The predicted molar refractivity (Wildman–Crippen MR) is 75.8 cm³/mol. The highest BCUT2D eigenvalue weighted by atomic mass is 32.1. The molecule has 0 fully saturated rings. The van der Waals surface area contributed by atoms with Crippen LogP contribution in [0.1, 0.15) is 31.2 Å². The fourth-order valence-electron chi connectivity index (χ4n) is 1.63. The number of rotatable bonds is 5. The van der Waals surface area contributed by atoms with Crippen LogP contribution in [0.15, 0.2) is 12.1 Å². The Bertz CT molecular complexity index is 565. The van der Waals surface area contributed by atoms with E-state index in [0.717, 1.165) is 16.4 Å². The van der Waals surface area contributed by atoms with E-state index in [1.54, 1.807) is 25.4 Å². The van der Waals surface area contributed by atoms with Gasteiger partial charge in [0.2, 0.25) is 0 Å². The highest BCUT2D eigenvalue weighted by molar-refractivity contribution is 7.12. The molecule has 0 spiro atoms. The van der Waals surface area contributed by atoms with Gasteiger partial charge in [-0.05, 0) is 37.5 Å². The Kier molecular flexibility index (Phi) is 4.62. The van der Waals surface area contributed by atoms with Gasteiger partial charge >= 0.3 is 0 Å². The number of hydrogen-bond acceptors (Lipinski definition) is 6. The van der Waals surface area contributed by atoms with Crippen molar-refractivity contribution < 1.29 is 9.53 Å². The van der Waals surface area contributed by atoms with Gasteiger partial charge in [0.15, 0.2) is 0 Å². The van der Waals surface area contributed by atoms with E-state index in [0.29, 0.717) is 17.1 Å². The van der Waals surface area contributed by atoms with E-state index in [4.69, 9.17) is 4.74 Å². The van der Waals surface area contributed by atoms with Crippen LogP contribution in [0, 0.1) is 13.8 Å².